The molecule has 0 saturated carbocycles. The molecule has 0 aliphatic rings. The maximum atomic E-state index is 12.2. The Labute approximate surface area is 172 Å². The number of nitrogens with zero attached hydrogens (tertiary/aromatic N) is 1. The second-order valence-corrected chi connectivity index (χ2v) is 7.61. The minimum absolute atomic E-state index is 0.0409. The Morgan fingerprint density at radius 1 is 1.14 bits per heavy atom. The van der Waals surface area contributed by atoms with Crippen molar-refractivity contribution in [1.29, 1.82) is 0 Å². The molecule has 0 saturated heterocycles. The first-order valence-electron chi connectivity index (χ1n) is 8.64. The Morgan fingerprint density at radius 2 is 1.86 bits per heavy atom. The van der Waals surface area contributed by atoms with Crippen LogP contribution in [0.4, 0.5) is 0 Å². The van der Waals surface area contributed by atoms with Crippen molar-refractivity contribution in [3.05, 3.63) is 75.3 Å². The lowest BCUT2D eigenvalue weighted by Gasteiger charge is -2.07. The number of nitrogens with one attached hydrogen (secondary N) is 1. The number of amides is 1. The van der Waals surface area contributed by atoms with Crippen LogP contribution in [0.5, 0.6) is 0 Å². The summed E-state index contributed by atoms with van der Waals surface area (Å²) < 4.78 is 5.20. The molecule has 0 aliphatic heterocycles. The van der Waals surface area contributed by atoms with Crippen molar-refractivity contribution in [2.24, 2.45) is 0 Å². The van der Waals surface area contributed by atoms with Gasteiger partial charge >= 0.3 is 5.97 Å². The highest BCUT2D eigenvalue weighted by Gasteiger charge is 2.12. The van der Waals surface area contributed by atoms with Gasteiger partial charge < -0.3 is 10.1 Å². The average Bonchev–Trinajstić information content (AvgIpc) is 3.12. The monoisotopic (exact) mass is 414 g/mol. The summed E-state index contributed by atoms with van der Waals surface area (Å²) in [5.41, 5.74) is 3.98. The molecule has 1 amide bonds. The minimum Gasteiger partial charge on any atom is -0.458 e. The number of hydrogen-bond acceptors (Lipinski definition) is 5. The van der Waals surface area contributed by atoms with Gasteiger partial charge in [0.15, 0.2) is 0 Å². The highest BCUT2D eigenvalue weighted by Crippen LogP contribution is 2.30. The van der Waals surface area contributed by atoms with Crippen LogP contribution in [0.25, 0.3) is 10.6 Å². The van der Waals surface area contributed by atoms with E-state index < -0.39 is 5.97 Å². The summed E-state index contributed by atoms with van der Waals surface area (Å²) in [6, 6.07) is 13.0. The molecule has 1 heterocycles. The van der Waals surface area contributed by atoms with Crippen LogP contribution in [0, 0.1) is 13.8 Å². The van der Waals surface area contributed by atoms with Crippen LogP contribution in [0.15, 0.2) is 47.8 Å². The lowest BCUT2D eigenvalue weighted by atomic mass is 10.1. The van der Waals surface area contributed by atoms with Crippen LogP contribution >= 0.6 is 22.9 Å². The summed E-state index contributed by atoms with van der Waals surface area (Å²) in [5, 5.41) is 5.78. The molecular formula is C21H19ClN2O3S. The summed E-state index contributed by atoms with van der Waals surface area (Å²) in [6.07, 6.45) is 0. The summed E-state index contributed by atoms with van der Waals surface area (Å²) in [5.74, 6) is -0.830. The fraction of sp³-hybridized carbons (Fsp3) is 0.190. The molecule has 0 aliphatic carbocycles. The van der Waals surface area contributed by atoms with E-state index in [1.54, 1.807) is 18.2 Å². The van der Waals surface area contributed by atoms with E-state index in [-0.39, 0.29) is 19.1 Å². The average molecular weight is 415 g/mol. The number of benzene rings is 2. The molecule has 1 N–H and O–H groups in total. The molecule has 7 heteroatoms. The number of esters is 1. The fourth-order valence-corrected chi connectivity index (χ4v) is 3.82. The first-order chi connectivity index (χ1) is 13.4. The van der Waals surface area contributed by atoms with Crippen molar-refractivity contribution >= 4 is 34.8 Å². The Balaban J connectivity index is 1.51. The highest BCUT2D eigenvalue weighted by atomic mass is 35.5. The molecule has 144 valence electrons. The normalized spacial score (nSPS) is 10.5. The molecule has 0 spiro atoms. The van der Waals surface area contributed by atoms with Gasteiger partial charge in [-0.1, -0.05) is 47.0 Å². The van der Waals surface area contributed by atoms with E-state index >= 15 is 0 Å². The van der Waals surface area contributed by atoms with E-state index in [1.165, 1.54) is 11.3 Å². The third-order valence-electron chi connectivity index (χ3n) is 3.91. The van der Waals surface area contributed by atoms with Gasteiger partial charge in [0.1, 0.15) is 18.2 Å². The summed E-state index contributed by atoms with van der Waals surface area (Å²) in [7, 11) is 0. The van der Waals surface area contributed by atoms with Crippen molar-refractivity contribution < 1.29 is 14.3 Å². The van der Waals surface area contributed by atoms with Crippen LogP contribution in [0.1, 0.15) is 27.2 Å². The van der Waals surface area contributed by atoms with E-state index in [9.17, 15) is 9.59 Å². The highest BCUT2D eigenvalue weighted by molar-refractivity contribution is 7.13. The molecular weight excluding hydrogens is 396 g/mol. The number of thiazole rings is 1. The zero-order chi connectivity index (χ0) is 20.1. The minimum atomic E-state index is -0.523. The van der Waals surface area contributed by atoms with Gasteiger partial charge in [0.25, 0.3) is 5.91 Å². The first kappa shape index (κ1) is 20.0. The predicted octanol–water partition coefficient (Wildman–Crippen LogP) is 4.55. The van der Waals surface area contributed by atoms with E-state index in [4.69, 9.17) is 16.3 Å². The van der Waals surface area contributed by atoms with Crippen LogP contribution < -0.4 is 5.32 Å². The van der Waals surface area contributed by atoms with E-state index in [0.29, 0.717) is 16.3 Å². The Bertz CT molecular complexity index is 996. The first-order valence-corrected chi connectivity index (χ1v) is 9.89. The SMILES string of the molecule is Cc1cc(C)cc(C(=O)NCC(=O)OCc2csc(-c3ccccc3Cl)n2)c1. The van der Waals surface area contributed by atoms with E-state index in [2.05, 4.69) is 10.3 Å². The second-order valence-electron chi connectivity index (χ2n) is 6.34. The third kappa shape index (κ3) is 5.18. The second kappa shape index (κ2) is 8.99. The predicted molar refractivity (Wildman–Crippen MR) is 111 cm³/mol. The van der Waals surface area contributed by atoms with Crippen molar-refractivity contribution in [2.45, 2.75) is 20.5 Å². The Hall–Kier alpha value is -2.70. The molecule has 2 aromatic carbocycles. The largest absolute Gasteiger partial charge is 0.458 e. The summed E-state index contributed by atoms with van der Waals surface area (Å²) >= 11 is 7.61. The molecule has 28 heavy (non-hydrogen) atoms. The molecule has 0 unspecified atom stereocenters. The van der Waals surface area contributed by atoms with E-state index in [0.717, 1.165) is 21.7 Å². The van der Waals surface area contributed by atoms with Crippen LogP contribution in [0.3, 0.4) is 0 Å². The van der Waals surface area contributed by atoms with Gasteiger partial charge in [-0.15, -0.1) is 11.3 Å². The molecule has 0 radical (unpaired) electrons. The zero-order valence-corrected chi connectivity index (χ0v) is 17.1. The van der Waals surface area contributed by atoms with Gasteiger partial charge in [-0.25, -0.2) is 4.98 Å². The smallest absolute Gasteiger partial charge is 0.325 e. The number of aromatic nitrogens is 1. The third-order valence-corrected chi connectivity index (χ3v) is 5.17. The Kier molecular flexibility index (Phi) is 6.44. The molecule has 0 fully saturated rings. The van der Waals surface area contributed by atoms with Crippen molar-refractivity contribution in [1.82, 2.24) is 10.3 Å². The molecule has 3 aromatic rings. The quantitative estimate of drug-likeness (QED) is 0.600. The number of hydrogen-bond donors (Lipinski definition) is 1. The molecule has 3 rings (SSSR count). The van der Waals surface area contributed by atoms with Gasteiger partial charge in [0, 0.05) is 16.5 Å². The van der Waals surface area contributed by atoms with Crippen LogP contribution in [-0.2, 0) is 16.1 Å². The Morgan fingerprint density at radius 3 is 2.57 bits per heavy atom. The lowest BCUT2D eigenvalue weighted by Crippen LogP contribution is -2.30. The van der Waals surface area contributed by atoms with Gasteiger partial charge in [-0.3, -0.25) is 9.59 Å². The van der Waals surface area contributed by atoms with Crippen molar-refractivity contribution in [3.63, 3.8) is 0 Å². The standard InChI is InChI=1S/C21H19ClN2O3S/c1-13-7-14(2)9-15(8-13)20(26)23-10-19(25)27-11-16-12-28-21(24-16)17-5-3-4-6-18(17)22/h3-9,12H,10-11H2,1-2H3,(H,23,26). The number of carbonyl (C=O) groups is 2. The molecule has 0 atom stereocenters. The fourth-order valence-electron chi connectivity index (χ4n) is 2.70. The van der Waals surface area contributed by atoms with Crippen molar-refractivity contribution in [3.8, 4) is 10.6 Å². The number of carbonyl (C=O) groups excluding carboxylic acids is 2. The number of halogens is 1. The number of ether oxygens (including phenoxy) is 1. The zero-order valence-electron chi connectivity index (χ0n) is 15.5. The molecule has 1 aromatic heterocycles. The van der Waals surface area contributed by atoms with Gasteiger partial charge in [0.2, 0.25) is 0 Å². The summed E-state index contributed by atoms with van der Waals surface area (Å²) in [4.78, 5) is 28.6. The topological polar surface area (TPSA) is 68.3 Å². The molecule has 5 nitrogen and oxygen atoms in total. The van der Waals surface area contributed by atoms with Crippen LogP contribution in [-0.4, -0.2) is 23.4 Å². The lowest BCUT2D eigenvalue weighted by molar-refractivity contribution is -0.143. The van der Waals surface area contributed by atoms with Crippen molar-refractivity contribution in [2.75, 3.05) is 6.54 Å². The van der Waals surface area contributed by atoms with Crippen LogP contribution in [0.2, 0.25) is 5.02 Å². The maximum absolute atomic E-state index is 12.2. The number of aryl methyl sites for hydroxylation is 2. The maximum Gasteiger partial charge on any atom is 0.325 e. The number of rotatable bonds is 6. The van der Waals surface area contributed by atoms with Gasteiger partial charge in [-0.2, -0.15) is 0 Å². The molecule has 0 bridgehead atoms. The van der Waals surface area contributed by atoms with E-state index in [1.807, 2.05) is 43.5 Å². The van der Waals surface area contributed by atoms with Gasteiger partial charge in [0.05, 0.1) is 10.7 Å². The summed E-state index contributed by atoms with van der Waals surface area (Å²) in [6.45, 7) is 3.68. The van der Waals surface area contributed by atoms with Gasteiger partial charge in [-0.05, 0) is 32.0 Å².